The van der Waals surface area contributed by atoms with Crippen molar-refractivity contribution in [2.24, 2.45) is 0 Å². The first kappa shape index (κ1) is 21.9. The second-order valence-corrected chi connectivity index (χ2v) is 8.66. The molecule has 1 aromatic heterocycles. The topological polar surface area (TPSA) is 76.9 Å². The fourth-order valence-electron chi connectivity index (χ4n) is 4.32. The molecule has 8 nitrogen and oxygen atoms in total. The van der Waals surface area contributed by atoms with Gasteiger partial charge in [-0.1, -0.05) is 6.07 Å². The fraction of sp³-hybridized carbons (Fsp3) is 0.320. The lowest BCUT2D eigenvalue weighted by atomic mass is 10.0. The number of carbonyl (C=O) groups is 2. The molecule has 1 fully saturated rings. The van der Waals surface area contributed by atoms with Crippen molar-refractivity contribution in [3.8, 4) is 22.6 Å². The number of hydrogen-bond acceptors (Lipinski definition) is 5. The molecule has 0 unspecified atom stereocenters. The summed E-state index contributed by atoms with van der Waals surface area (Å²) in [5.74, 6) is -0.708. The van der Waals surface area contributed by atoms with Gasteiger partial charge in [0.1, 0.15) is 5.75 Å². The highest BCUT2D eigenvalue weighted by molar-refractivity contribution is 6.03. The minimum atomic E-state index is -0.730. The lowest BCUT2D eigenvalue weighted by Gasteiger charge is -2.40. The SMILES string of the molecule is COc1ccc(OC(=O)N2C[C@H](C)N(C(C)=O)c3ccc(-c4cnn(C5CC5)c4)cc32)c(F)c1. The monoisotopic (exact) mass is 464 g/mol. The Hall–Kier alpha value is -3.88. The van der Waals surface area contributed by atoms with Crippen molar-refractivity contribution >= 4 is 23.4 Å². The molecule has 0 bridgehead atoms. The molecule has 0 spiro atoms. The lowest BCUT2D eigenvalue weighted by molar-refractivity contribution is -0.117. The van der Waals surface area contributed by atoms with Crippen LogP contribution in [0, 0.1) is 5.82 Å². The molecule has 1 saturated carbocycles. The van der Waals surface area contributed by atoms with Crippen LogP contribution < -0.4 is 19.3 Å². The highest BCUT2D eigenvalue weighted by Gasteiger charge is 2.35. The van der Waals surface area contributed by atoms with Gasteiger partial charge in [-0.05, 0) is 49.6 Å². The first-order valence-corrected chi connectivity index (χ1v) is 11.2. The van der Waals surface area contributed by atoms with Crippen molar-refractivity contribution in [2.75, 3.05) is 23.5 Å². The van der Waals surface area contributed by atoms with Crippen molar-refractivity contribution in [2.45, 2.75) is 38.8 Å². The normalized spacial score (nSPS) is 17.4. The van der Waals surface area contributed by atoms with Gasteiger partial charge in [0.25, 0.3) is 0 Å². The highest BCUT2D eigenvalue weighted by Crippen LogP contribution is 2.40. The van der Waals surface area contributed by atoms with E-state index < -0.39 is 11.9 Å². The summed E-state index contributed by atoms with van der Waals surface area (Å²) >= 11 is 0. The van der Waals surface area contributed by atoms with Crippen LogP contribution in [-0.2, 0) is 4.79 Å². The Labute approximate surface area is 196 Å². The van der Waals surface area contributed by atoms with Crippen LogP contribution in [0.15, 0.2) is 48.8 Å². The Balaban J connectivity index is 1.50. The number of aromatic nitrogens is 2. The summed E-state index contributed by atoms with van der Waals surface area (Å²) in [5, 5.41) is 4.45. The van der Waals surface area contributed by atoms with Gasteiger partial charge >= 0.3 is 6.09 Å². The third-order valence-corrected chi connectivity index (χ3v) is 6.17. The molecule has 1 aliphatic carbocycles. The van der Waals surface area contributed by atoms with Crippen LogP contribution in [0.4, 0.5) is 20.6 Å². The van der Waals surface area contributed by atoms with E-state index in [0.717, 1.165) is 30.0 Å². The lowest BCUT2D eigenvalue weighted by Crippen LogP contribution is -2.52. The summed E-state index contributed by atoms with van der Waals surface area (Å²) in [5.41, 5.74) is 2.88. The van der Waals surface area contributed by atoms with Gasteiger partial charge in [-0.3, -0.25) is 14.4 Å². The maximum atomic E-state index is 14.4. The number of amides is 2. The second-order valence-electron chi connectivity index (χ2n) is 8.66. The van der Waals surface area contributed by atoms with E-state index in [1.54, 1.807) is 11.1 Å². The number of benzene rings is 2. The first-order chi connectivity index (χ1) is 16.4. The molecule has 0 saturated heterocycles. The molecule has 5 rings (SSSR count). The highest BCUT2D eigenvalue weighted by atomic mass is 19.1. The van der Waals surface area contributed by atoms with Crippen molar-refractivity contribution in [1.29, 1.82) is 0 Å². The molecular formula is C25H25FN4O4. The zero-order chi connectivity index (χ0) is 24.0. The van der Waals surface area contributed by atoms with Crippen LogP contribution in [0.3, 0.4) is 0 Å². The maximum absolute atomic E-state index is 14.4. The van der Waals surface area contributed by atoms with Crippen LogP contribution in [0.2, 0.25) is 0 Å². The maximum Gasteiger partial charge on any atom is 0.419 e. The summed E-state index contributed by atoms with van der Waals surface area (Å²) in [6.07, 6.45) is 5.30. The zero-order valence-corrected chi connectivity index (χ0v) is 19.2. The van der Waals surface area contributed by atoms with E-state index in [9.17, 15) is 14.0 Å². The molecule has 0 radical (unpaired) electrons. The minimum Gasteiger partial charge on any atom is -0.497 e. The number of halogens is 1. The molecule has 1 aliphatic heterocycles. The second kappa shape index (κ2) is 8.48. The average Bonchev–Trinajstić information content (AvgIpc) is 3.55. The zero-order valence-electron chi connectivity index (χ0n) is 19.2. The van der Waals surface area contributed by atoms with Crippen LogP contribution in [0.5, 0.6) is 11.5 Å². The van der Waals surface area contributed by atoms with E-state index in [1.807, 2.05) is 36.0 Å². The number of carbonyl (C=O) groups excluding carboxylic acids is 2. The number of hydrogen-bond donors (Lipinski definition) is 0. The molecule has 176 valence electrons. The molecule has 2 aliphatic rings. The summed E-state index contributed by atoms with van der Waals surface area (Å²) in [6, 6.07) is 9.77. The Kier molecular flexibility index (Phi) is 5.47. The summed E-state index contributed by atoms with van der Waals surface area (Å²) in [6.45, 7) is 3.55. The number of methoxy groups -OCH3 is 1. The Morgan fingerprint density at radius 2 is 1.88 bits per heavy atom. The van der Waals surface area contributed by atoms with E-state index in [0.29, 0.717) is 23.2 Å². The molecule has 9 heteroatoms. The summed E-state index contributed by atoms with van der Waals surface area (Å²) in [4.78, 5) is 28.7. The number of ether oxygens (including phenoxy) is 2. The molecular weight excluding hydrogens is 439 g/mol. The van der Waals surface area contributed by atoms with Gasteiger partial charge in [-0.15, -0.1) is 0 Å². The Morgan fingerprint density at radius 3 is 2.56 bits per heavy atom. The van der Waals surface area contributed by atoms with E-state index in [4.69, 9.17) is 9.47 Å². The minimum absolute atomic E-state index is 0.128. The van der Waals surface area contributed by atoms with Crippen LogP contribution >= 0.6 is 0 Å². The largest absolute Gasteiger partial charge is 0.497 e. The number of fused-ring (bicyclic) bond motifs is 1. The van der Waals surface area contributed by atoms with E-state index >= 15 is 0 Å². The van der Waals surface area contributed by atoms with Crippen LogP contribution in [0.25, 0.3) is 11.1 Å². The van der Waals surface area contributed by atoms with Gasteiger partial charge in [0.15, 0.2) is 11.6 Å². The van der Waals surface area contributed by atoms with Crippen molar-refractivity contribution in [1.82, 2.24) is 9.78 Å². The van der Waals surface area contributed by atoms with Crippen LogP contribution in [0.1, 0.15) is 32.7 Å². The third kappa shape index (κ3) is 3.98. The first-order valence-electron chi connectivity index (χ1n) is 11.2. The van der Waals surface area contributed by atoms with Gasteiger partial charge in [-0.25, -0.2) is 9.18 Å². The van der Waals surface area contributed by atoms with E-state index in [1.165, 1.54) is 31.1 Å². The smallest absolute Gasteiger partial charge is 0.419 e. The van der Waals surface area contributed by atoms with Gasteiger partial charge < -0.3 is 14.4 Å². The van der Waals surface area contributed by atoms with E-state index in [2.05, 4.69) is 5.10 Å². The fourth-order valence-corrected chi connectivity index (χ4v) is 4.32. The van der Waals surface area contributed by atoms with E-state index in [-0.39, 0.29) is 24.2 Å². The Morgan fingerprint density at radius 1 is 1.09 bits per heavy atom. The molecule has 3 aromatic rings. The third-order valence-electron chi connectivity index (χ3n) is 6.17. The van der Waals surface area contributed by atoms with Gasteiger partial charge in [0, 0.05) is 31.3 Å². The predicted octanol–water partition coefficient (Wildman–Crippen LogP) is 4.79. The Bertz CT molecular complexity index is 1270. The average molecular weight is 464 g/mol. The predicted molar refractivity (Wildman–Crippen MR) is 125 cm³/mol. The molecule has 0 N–H and O–H groups in total. The number of anilines is 2. The standard InChI is InChI=1S/C25H25FN4O4/c1-15-13-28(25(32)34-24-9-7-20(33-3)11-21(24)26)23-10-17(4-8-22(23)30(15)16(2)31)18-12-27-29(14-18)19-5-6-19/h4,7-12,14-15,19H,5-6,13H2,1-3H3/t15-/m0/s1. The van der Waals surface area contributed by atoms with Crippen LogP contribution in [-0.4, -0.2) is 41.5 Å². The molecule has 1 atom stereocenters. The van der Waals surface area contributed by atoms with Crippen molar-refractivity contribution in [3.63, 3.8) is 0 Å². The van der Waals surface area contributed by atoms with Crippen molar-refractivity contribution < 1.29 is 23.5 Å². The molecule has 2 heterocycles. The molecule has 2 aromatic carbocycles. The van der Waals surface area contributed by atoms with Gasteiger partial charge in [-0.2, -0.15) is 5.10 Å². The number of rotatable bonds is 4. The summed E-state index contributed by atoms with van der Waals surface area (Å²) in [7, 11) is 1.43. The van der Waals surface area contributed by atoms with Gasteiger partial charge in [0.2, 0.25) is 5.91 Å². The number of nitrogens with zero attached hydrogens (tertiary/aromatic N) is 4. The van der Waals surface area contributed by atoms with Gasteiger partial charge in [0.05, 0.1) is 36.8 Å². The van der Waals surface area contributed by atoms with Crippen molar-refractivity contribution in [3.05, 3.63) is 54.6 Å². The summed E-state index contributed by atoms with van der Waals surface area (Å²) < 4.78 is 26.8. The molecule has 2 amide bonds. The molecule has 34 heavy (non-hydrogen) atoms. The quantitative estimate of drug-likeness (QED) is 0.555.